The maximum absolute atomic E-state index is 12.3. The van der Waals surface area contributed by atoms with Crippen LogP contribution in [-0.4, -0.2) is 18.2 Å². The van der Waals surface area contributed by atoms with Crippen molar-refractivity contribution in [3.8, 4) is 0 Å². The molecule has 0 unspecified atom stereocenters. The van der Waals surface area contributed by atoms with Gasteiger partial charge in [0.05, 0.1) is 11.9 Å². The van der Waals surface area contributed by atoms with Gasteiger partial charge in [0, 0.05) is 13.1 Å². The van der Waals surface area contributed by atoms with Crippen LogP contribution in [0.3, 0.4) is 0 Å². The van der Waals surface area contributed by atoms with Crippen molar-refractivity contribution in [2.75, 3.05) is 10.5 Å². The third-order valence-corrected chi connectivity index (χ3v) is 4.14. The zero-order valence-corrected chi connectivity index (χ0v) is 10.9. The van der Waals surface area contributed by atoms with Crippen molar-refractivity contribution in [1.82, 2.24) is 9.78 Å². The first kappa shape index (κ1) is 12.4. The lowest BCUT2D eigenvalue weighted by atomic mass is 10.2. The molecule has 0 saturated carbocycles. The Morgan fingerprint density at radius 3 is 2.61 bits per heavy atom. The van der Waals surface area contributed by atoms with Crippen molar-refractivity contribution in [1.29, 1.82) is 0 Å². The Morgan fingerprint density at radius 2 is 2.06 bits per heavy atom. The molecule has 0 aliphatic heterocycles. The molecule has 0 spiro atoms. The molecule has 6 nitrogen and oxygen atoms in total. The molecule has 0 atom stereocenters. The smallest absolute Gasteiger partial charge is 0.265 e. The maximum Gasteiger partial charge on any atom is 0.265 e. The normalized spacial score (nSPS) is 11.4. The second-order valence-corrected chi connectivity index (χ2v) is 5.56. The van der Waals surface area contributed by atoms with Crippen LogP contribution in [0.15, 0.2) is 35.4 Å². The fraction of sp³-hybridized carbons (Fsp3) is 0.182. The summed E-state index contributed by atoms with van der Waals surface area (Å²) in [5, 5.41) is 3.90. The highest BCUT2D eigenvalue weighted by Gasteiger charge is 2.20. The van der Waals surface area contributed by atoms with Crippen molar-refractivity contribution >= 4 is 21.5 Å². The summed E-state index contributed by atoms with van der Waals surface area (Å²) in [5.74, 6) is 0.387. The highest BCUT2D eigenvalue weighted by atomic mass is 32.2. The summed E-state index contributed by atoms with van der Waals surface area (Å²) in [4.78, 5) is 0.103. The number of nitrogens with zero attached hydrogens (tertiary/aromatic N) is 2. The van der Waals surface area contributed by atoms with Crippen molar-refractivity contribution < 1.29 is 8.42 Å². The van der Waals surface area contributed by atoms with E-state index in [0.29, 0.717) is 11.4 Å². The van der Waals surface area contributed by atoms with Crippen LogP contribution < -0.4 is 10.5 Å². The number of nitrogen functional groups attached to an aromatic ring is 1. The van der Waals surface area contributed by atoms with E-state index < -0.39 is 10.0 Å². The quantitative estimate of drug-likeness (QED) is 0.814. The number of hydrogen-bond acceptors (Lipinski definition) is 4. The lowest BCUT2D eigenvalue weighted by molar-refractivity contribution is 0.600. The minimum atomic E-state index is -3.70. The summed E-state index contributed by atoms with van der Waals surface area (Å²) >= 11 is 0. The summed E-state index contributed by atoms with van der Waals surface area (Å²) in [6, 6.07) is 6.55. The van der Waals surface area contributed by atoms with E-state index in [2.05, 4.69) is 9.82 Å². The van der Waals surface area contributed by atoms with Crippen molar-refractivity contribution in [2.45, 2.75) is 11.8 Å². The van der Waals surface area contributed by atoms with Crippen LogP contribution in [-0.2, 0) is 17.1 Å². The summed E-state index contributed by atoms with van der Waals surface area (Å²) in [6.07, 6.45) is 1.51. The van der Waals surface area contributed by atoms with Gasteiger partial charge in [0.25, 0.3) is 10.0 Å². The summed E-state index contributed by atoms with van der Waals surface area (Å²) < 4.78 is 28.4. The molecular weight excluding hydrogens is 252 g/mol. The van der Waals surface area contributed by atoms with Crippen LogP contribution in [0.25, 0.3) is 0 Å². The van der Waals surface area contributed by atoms with Gasteiger partial charge in [-0.1, -0.05) is 12.1 Å². The maximum atomic E-state index is 12.3. The largest absolute Gasteiger partial charge is 0.398 e. The zero-order valence-electron chi connectivity index (χ0n) is 10.1. The van der Waals surface area contributed by atoms with Crippen LogP contribution in [0.4, 0.5) is 11.5 Å². The number of nitrogens with one attached hydrogen (secondary N) is 1. The minimum Gasteiger partial charge on any atom is -0.398 e. The Morgan fingerprint density at radius 1 is 1.33 bits per heavy atom. The van der Waals surface area contributed by atoms with E-state index in [1.54, 1.807) is 38.2 Å². The summed E-state index contributed by atoms with van der Waals surface area (Å²) in [6.45, 7) is 1.70. The van der Waals surface area contributed by atoms with E-state index in [4.69, 9.17) is 5.73 Å². The van der Waals surface area contributed by atoms with E-state index in [-0.39, 0.29) is 10.6 Å². The number of rotatable bonds is 3. The molecule has 0 radical (unpaired) electrons. The van der Waals surface area contributed by atoms with Crippen LogP contribution in [0.1, 0.15) is 5.56 Å². The number of benzene rings is 1. The van der Waals surface area contributed by atoms with Crippen LogP contribution in [0.2, 0.25) is 0 Å². The molecule has 3 N–H and O–H groups in total. The van der Waals surface area contributed by atoms with Crippen molar-refractivity contribution in [3.63, 3.8) is 0 Å². The van der Waals surface area contributed by atoms with Gasteiger partial charge in [0.2, 0.25) is 0 Å². The van der Waals surface area contributed by atoms with Gasteiger partial charge in [0.15, 0.2) is 0 Å². The monoisotopic (exact) mass is 266 g/mol. The lowest BCUT2D eigenvalue weighted by Crippen LogP contribution is -2.18. The lowest BCUT2D eigenvalue weighted by Gasteiger charge is -2.12. The zero-order chi connectivity index (χ0) is 13.3. The van der Waals surface area contributed by atoms with E-state index in [9.17, 15) is 8.42 Å². The molecule has 18 heavy (non-hydrogen) atoms. The van der Waals surface area contributed by atoms with Gasteiger partial charge in [0.1, 0.15) is 10.7 Å². The summed E-state index contributed by atoms with van der Waals surface area (Å²) in [7, 11) is -2.05. The number of aromatic nitrogens is 2. The molecule has 0 fully saturated rings. The van der Waals surface area contributed by atoms with E-state index in [1.165, 1.54) is 10.9 Å². The average molecular weight is 266 g/mol. The van der Waals surface area contributed by atoms with Gasteiger partial charge in [-0.05, 0) is 18.6 Å². The van der Waals surface area contributed by atoms with Crippen LogP contribution in [0, 0.1) is 6.92 Å². The Labute approximate surface area is 105 Å². The van der Waals surface area contributed by atoms with Crippen LogP contribution >= 0.6 is 0 Å². The SMILES string of the molecule is Cc1cccc(N)c1S(=O)(=O)Nc1ccnn1C. The Balaban J connectivity index is 2.47. The number of aryl methyl sites for hydroxylation is 2. The Kier molecular flexibility index (Phi) is 3.00. The van der Waals surface area contributed by atoms with E-state index in [0.717, 1.165) is 0 Å². The third kappa shape index (κ3) is 2.17. The molecule has 1 heterocycles. The molecule has 1 aromatic carbocycles. The van der Waals surface area contributed by atoms with Gasteiger partial charge in [-0.15, -0.1) is 0 Å². The molecule has 0 aliphatic carbocycles. The van der Waals surface area contributed by atoms with E-state index in [1.807, 2.05) is 0 Å². The predicted octanol–water partition coefficient (Wildman–Crippen LogP) is 1.11. The Hall–Kier alpha value is -2.02. The first-order valence-corrected chi connectivity index (χ1v) is 6.76. The first-order chi connectivity index (χ1) is 8.42. The molecule has 0 aliphatic rings. The van der Waals surface area contributed by atoms with Gasteiger partial charge in [-0.25, -0.2) is 8.42 Å². The summed E-state index contributed by atoms with van der Waals surface area (Å²) in [5.41, 5.74) is 6.56. The second kappa shape index (κ2) is 4.34. The fourth-order valence-electron chi connectivity index (χ4n) is 1.71. The topological polar surface area (TPSA) is 90.0 Å². The van der Waals surface area contributed by atoms with Crippen molar-refractivity contribution in [2.24, 2.45) is 7.05 Å². The molecule has 0 bridgehead atoms. The standard InChI is InChI=1S/C11H14N4O2S/c1-8-4-3-5-9(12)11(8)18(16,17)14-10-6-7-13-15(10)2/h3-7,14H,12H2,1-2H3. The van der Waals surface area contributed by atoms with Gasteiger partial charge in [-0.3, -0.25) is 9.40 Å². The van der Waals surface area contributed by atoms with Gasteiger partial charge >= 0.3 is 0 Å². The minimum absolute atomic E-state index is 0.103. The van der Waals surface area contributed by atoms with E-state index >= 15 is 0 Å². The average Bonchev–Trinajstić information content (AvgIpc) is 2.63. The van der Waals surface area contributed by atoms with Crippen LogP contribution in [0.5, 0.6) is 0 Å². The highest BCUT2D eigenvalue weighted by molar-refractivity contribution is 7.93. The second-order valence-electron chi connectivity index (χ2n) is 3.94. The molecular formula is C11H14N4O2S. The first-order valence-electron chi connectivity index (χ1n) is 5.28. The molecule has 0 saturated heterocycles. The number of nitrogens with two attached hydrogens (primary N) is 1. The highest BCUT2D eigenvalue weighted by Crippen LogP contribution is 2.24. The molecule has 7 heteroatoms. The molecule has 2 aromatic rings. The molecule has 0 amide bonds. The molecule has 1 aromatic heterocycles. The number of sulfonamides is 1. The Bertz CT molecular complexity index is 656. The van der Waals surface area contributed by atoms with Crippen molar-refractivity contribution in [3.05, 3.63) is 36.0 Å². The third-order valence-electron chi connectivity index (χ3n) is 2.57. The molecule has 96 valence electrons. The number of hydrogen-bond donors (Lipinski definition) is 2. The fourth-order valence-corrected chi connectivity index (χ4v) is 3.15. The molecule has 2 rings (SSSR count). The van der Waals surface area contributed by atoms with Gasteiger partial charge < -0.3 is 5.73 Å². The number of anilines is 2. The predicted molar refractivity (Wildman–Crippen MR) is 69.6 cm³/mol. The van der Waals surface area contributed by atoms with Gasteiger partial charge in [-0.2, -0.15) is 5.10 Å².